The lowest BCUT2D eigenvalue weighted by molar-refractivity contribution is -0.917. The van der Waals surface area contributed by atoms with Crippen molar-refractivity contribution in [3.63, 3.8) is 0 Å². The van der Waals surface area contributed by atoms with Gasteiger partial charge in [0.05, 0.1) is 26.2 Å². The number of aryl methyl sites for hydroxylation is 1. The van der Waals surface area contributed by atoms with Gasteiger partial charge in [0.25, 0.3) is 0 Å². The van der Waals surface area contributed by atoms with Crippen LogP contribution in [0.4, 0.5) is 0 Å². The van der Waals surface area contributed by atoms with Crippen LogP contribution in [-0.4, -0.2) is 42.7 Å². The molecule has 1 heterocycles. The largest absolute Gasteiger partial charge is 0.363 e. The van der Waals surface area contributed by atoms with Crippen LogP contribution in [0.25, 0.3) is 0 Å². The molecule has 0 radical (unpaired) electrons. The van der Waals surface area contributed by atoms with Crippen LogP contribution in [0.2, 0.25) is 0 Å². The maximum atomic E-state index is 5.37. The number of thiocarbonyl (C=S) groups is 1. The van der Waals surface area contributed by atoms with Crippen LogP contribution in [0, 0.1) is 6.92 Å². The minimum Gasteiger partial charge on any atom is -0.363 e. The molecule has 2 rings (SSSR count). The van der Waals surface area contributed by atoms with Gasteiger partial charge in [-0.2, -0.15) is 0 Å². The lowest BCUT2D eigenvalue weighted by Crippen LogP contribution is -3.13. The number of piperazine rings is 1. The third-order valence-electron chi connectivity index (χ3n) is 3.79. The van der Waals surface area contributed by atoms with E-state index in [2.05, 4.69) is 48.3 Å². The number of quaternary nitrogens is 1. The first-order valence-corrected chi connectivity index (χ1v) is 7.52. The molecular formula is C15H24N3S+. The highest BCUT2D eigenvalue weighted by atomic mass is 32.1. The van der Waals surface area contributed by atoms with Crippen LogP contribution in [0.3, 0.4) is 0 Å². The summed E-state index contributed by atoms with van der Waals surface area (Å²) >= 11 is 5.37. The number of hydrogen-bond acceptors (Lipinski definition) is 1. The molecule has 2 N–H and O–H groups in total. The number of rotatable bonds is 3. The standard InChI is InChI=1S/C15H23N3S/c1-3-16-15(19)18-10-8-17(9-11-18)12-14-7-5-4-6-13(14)2/h4-7H,3,8-12H2,1-2H3,(H,16,19)/p+1. The molecule has 0 aliphatic carbocycles. The fraction of sp³-hybridized carbons (Fsp3) is 0.533. The van der Waals surface area contributed by atoms with E-state index in [1.165, 1.54) is 24.2 Å². The first kappa shape index (κ1) is 14.3. The monoisotopic (exact) mass is 278 g/mol. The summed E-state index contributed by atoms with van der Waals surface area (Å²) < 4.78 is 0. The molecule has 0 amide bonds. The van der Waals surface area contributed by atoms with E-state index in [4.69, 9.17) is 12.2 Å². The summed E-state index contributed by atoms with van der Waals surface area (Å²) in [6.45, 7) is 10.8. The molecule has 0 spiro atoms. The minimum atomic E-state index is 0.912. The third-order valence-corrected chi connectivity index (χ3v) is 4.19. The molecule has 3 nitrogen and oxygen atoms in total. The van der Waals surface area contributed by atoms with E-state index in [0.29, 0.717) is 0 Å². The van der Waals surface area contributed by atoms with Crippen LogP contribution in [0.1, 0.15) is 18.1 Å². The molecular weight excluding hydrogens is 254 g/mol. The van der Waals surface area contributed by atoms with Gasteiger partial charge in [-0.1, -0.05) is 24.3 Å². The number of nitrogens with zero attached hydrogens (tertiary/aromatic N) is 1. The smallest absolute Gasteiger partial charge is 0.169 e. The highest BCUT2D eigenvalue weighted by Crippen LogP contribution is 2.05. The molecule has 104 valence electrons. The van der Waals surface area contributed by atoms with Crippen LogP contribution < -0.4 is 10.2 Å². The molecule has 4 heteroatoms. The topological polar surface area (TPSA) is 19.7 Å². The van der Waals surface area contributed by atoms with Crippen LogP contribution in [0.5, 0.6) is 0 Å². The van der Waals surface area contributed by atoms with Crippen molar-refractivity contribution in [3.05, 3.63) is 35.4 Å². The van der Waals surface area contributed by atoms with Gasteiger partial charge in [0, 0.05) is 12.1 Å². The van der Waals surface area contributed by atoms with E-state index in [9.17, 15) is 0 Å². The van der Waals surface area contributed by atoms with Crippen molar-refractivity contribution in [2.75, 3.05) is 32.7 Å². The summed E-state index contributed by atoms with van der Waals surface area (Å²) in [5, 5.41) is 4.15. The molecule has 1 aliphatic rings. The maximum absolute atomic E-state index is 5.37. The Morgan fingerprint density at radius 3 is 2.63 bits per heavy atom. The lowest BCUT2D eigenvalue weighted by Gasteiger charge is -2.34. The Kier molecular flexibility index (Phi) is 5.16. The fourth-order valence-corrected chi connectivity index (χ4v) is 2.87. The summed E-state index contributed by atoms with van der Waals surface area (Å²) in [6, 6.07) is 8.70. The Hall–Kier alpha value is -1.13. The molecule has 1 aromatic carbocycles. The Bertz CT molecular complexity index is 425. The molecule has 1 fully saturated rings. The second-order valence-corrected chi connectivity index (χ2v) is 5.56. The van der Waals surface area contributed by atoms with Crippen molar-refractivity contribution < 1.29 is 4.90 Å². The van der Waals surface area contributed by atoms with Gasteiger partial charge < -0.3 is 15.1 Å². The van der Waals surface area contributed by atoms with Crippen LogP contribution in [-0.2, 0) is 6.54 Å². The van der Waals surface area contributed by atoms with Crippen LogP contribution >= 0.6 is 12.2 Å². The lowest BCUT2D eigenvalue weighted by atomic mass is 10.1. The predicted molar refractivity (Wildman–Crippen MR) is 83.4 cm³/mol. The van der Waals surface area contributed by atoms with E-state index < -0.39 is 0 Å². The SMILES string of the molecule is CCNC(=S)N1CC[NH+](Cc2ccccc2C)CC1. The third kappa shape index (κ3) is 3.91. The van der Waals surface area contributed by atoms with Crippen molar-refractivity contribution in [1.29, 1.82) is 0 Å². The van der Waals surface area contributed by atoms with Gasteiger partial charge in [-0.3, -0.25) is 0 Å². The van der Waals surface area contributed by atoms with Crippen LogP contribution in [0.15, 0.2) is 24.3 Å². The number of hydrogen-bond donors (Lipinski definition) is 2. The van der Waals surface area contributed by atoms with Crippen molar-refractivity contribution >= 4 is 17.3 Å². The molecule has 1 aromatic rings. The summed E-state index contributed by atoms with van der Waals surface area (Å²) in [7, 11) is 0. The van der Waals surface area contributed by atoms with Gasteiger partial charge in [0.1, 0.15) is 6.54 Å². The summed E-state index contributed by atoms with van der Waals surface area (Å²) in [5.74, 6) is 0. The zero-order chi connectivity index (χ0) is 13.7. The molecule has 1 saturated heterocycles. The second-order valence-electron chi connectivity index (χ2n) is 5.18. The van der Waals surface area contributed by atoms with Crippen molar-refractivity contribution in [1.82, 2.24) is 10.2 Å². The molecule has 0 atom stereocenters. The molecule has 1 aliphatic heterocycles. The summed E-state index contributed by atoms with van der Waals surface area (Å²) in [5.41, 5.74) is 2.88. The number of nitrogens with one attached hydrogen (secondary N) is 2. The summed E-state index contributed by atoms with van der Waals surface area (Å²) in [4.78, 5) is 3.95. The fourth-order valence-electron chi connectivity index (χ4n) is 2.54. The highest BCUT2D eigenvalue weighted by Gasteiger charge is 2.21. The summed E-state index contributed by atoms with van der Waals surface area (Å²) in [6.07, 6.45) is 0. The molecule has 0 saturated carbocycles. The zero-order valence-corrected chi connectivity index (χ0v) is 12.7. The van der Waals surface area contributed by atoms with Gasteiger partial charge in [0.15, 0.2) is 5.11 Å². The molecule has 0 unspecified atom stereocenters. The van der Waals surface area contributed by atoms with Crippen molar-refractivity contribution in [3.8, 4) is 0 Å². The second kappa shape index (κ2) is 6.87. The van der Waals surface area contributed by atoms with Gasteiger partial charge in [-0.25, -0.2) is 0 Å². The number of benzene rings is 1. The molecule has 19 heavy (non-hydrogen) atoms. The average molecular weight is 278 g/mol. The normalized spacial score (nSPS) is 16.4. The van der Waals surface area contributed by atoms with Crippen molar-refractivity contribution in [2.45, 2.75) is 20.4 Å². The minimum absolute atomic E-state index is 0.912. The Labute approximate surface area is 121 Å². The van der Waals surface area contributed by atoms with E-state index in [-0.39, 0.29) is 0 Å². The first-order chi connectivity index (χ1) is 9.20. The first-order valence-electron chi connectivity index (χ1n) is 7.11. The maximum Gasteiger partial charge on any atom is 0.169 e. The highest BCUT2D eigenvalue weighted by molar-refractivity contribution is 7.80. The zero-order valence-electron chi connectivity index (χ0n) is 11.9. The predicted octanol–water partition coefficient (Wildman–Crippen LogP) is 0.590. The Morgan fingerprint density at radius 2 is 2.00 bits per heavy atom. The van der Waals surface area contributed by atoms with E-state index in [0.717, 1.165) is 31.3 Å². The van der Waals surface area contributed by atoms with Gasteiger partial charge >= 0.3 is 0 Å². The Morgan fingerprint density at radius 1 is 1.32 bits per heavy atom. The van der Waals surface area contributed by atoms with Crippen molar-refractivity contribution in [2.24, 2.45) is 0 Å². The van der Waals surface area contributed by atoms with E-state index >= 15 is 0 Å². The molecule has 0 bridgehead atoms. The van der Waals surface area contributed by atoms with Gasteiger partial charge in [-0.05, 0) is 31.6 Å². The van der Waals surface area contributed by atoms with Gasteiger partial charge in [-0.15, -0.1) is 0 Å². The van der Waals surface area contributed by atoms with Gasteiger partial charge in [0.2, 0.25) is 0 Å². The average Bonchev–Trinajstić information content (AvgIpc) is 2.42. The van der Waals surface area contributed by atoms with E-state index in [1.54, 1.807) is 4.90 Å². The Balaban J connectivity index is 1.84. The van der Waals surface area contributed by atoms with E-state index in [1.807, 2.05) is 0 Å². The molecule has 0 aromatic heterocycles. The quantitative estimate of drug-likeness (QED) is 0.790.